The maximum absolute atomic E-state index is 14.2. The minimum atomic E-state index is -4.20. The van der Waals surface area contributed by atoms with Crippen molar-refractivity contribution in [3.05, 3.63) is 53.6 Å². The van der Waals surface area contributed by atoms with Crippen LogP contribution in [-0.4, -0.2) is 85.8 Å². The molecular weight excluding hydrogens is 662 g/mol. The van der Waals surface area contributed by atoms with Crippen molar-refractivity contribution in [2.24, 2.45) is 23.7 Å². The molecule has 1 aromatic heterocycles. The van der Waals surface area contributed by atoms with Crippen molar-refractivity contribution < 1.29 is 45.7 Å². The number of hydrogen-bond acceptors (Lipinski definition) is 10. The molecule has 6 rings (SSSR count). The van der Waals surface area contributed by atoms with E-state index in [0.29, 0.717) is 31.6 Å². The van der Waals surface area contributed by atoms with Crippen molar-refractivity contribution in [2.45, 2.75) is 82.4 Å². The standard InChI is InChI=1S/C34H44F2N4O8S/c1-18(2)15-40(49(43,44)24-5-6-26-30(14-24)47-33(38-26)37-19(3)4)16-28(41)27(11-20-9-22(35)13-23(36)10-20)39-34(42)48-29-12-21-17-46-32-31(21)25(29)7-8-45-32/h5-6,9-10,13-14,18-19,21,25,27-29,31-32,41H,7-8,11-12,15-17H2,1-4H3,(H,37,38)(H,39,42)/t21?,25?,27-,28+,29+,31-,32-/m0/s1. The molecular formula is C34H44F2N4O8S. The molecule has 0 bridgehead atoms. The van der Waals surface area contributed by atoms with Gasteiger partial charge in [0.2, 0.25) is 10.0 Å². The topological polar surface area (TPSA) is 152 Å². The highest BCUT2D eigenvalue weighted by Crippen LogP contribution is 2.50. The number of carbonyl (C=O) groups is 1. The number of benzene rings is 2. The second kappa shape index (κ2) is 14.5. The Kier molecular flexibility index (Phi) is 10.5. The number of anilines is 1. The summed E-state index contributed by atoms with van der Waals surface area (Å²) in [5.41, 5.74) is 0.905. The SMILES string of the molecule is CC(C)CN(C[C@@H](O)[C@H](Cc1cc(F)cc(F)c1)NC(=O)O[C@@H]1CC2CO[C@@H]3OCCC1[C@H]23)S(=O)(=O)c1ccc2nc(NC(C)C)oc2c1. The van der Waals surface area contributed by atoms with Crippen LogP contribution in [0.15, 0.2) is 45.7 Å². The van der Waals surface area contributed by atoms with Crippen LogP contribution in [0.4, 0.5) is 19.6 Å². The number of rotatable bonds is 13. The molecule has 3 fully saturated rings. The zero-order chi connectivity index (χ0) is 35.0. The molecule has 2 saturated heterocycles. The number of halogens is 2. The first-order valence-corrected chi connectivity index (χ1v) is 18.2. The normalized spacial score (nSPS) is 24.8. The second-order valence-electron chi connectivity index (χ2n) is 14.0. The molecule has 3 N–H and O–H groups in total. The highest BCUT2D eigenvalue weighted by molar-refractivity contribution is 7.89. The smallest absolute Gasteiger partial charge is 0.407 e. The quantitative estimate of drug-likeness (QED) is 0.229. The molecule has 1 amide bonds. The number of ether oxygens (including phenoxy) is 3. The van der Waals surface area contributed by atoms with Crippen LogP contribution in [0.3, 0.4) is 0 Å². The van der Waals surface area contributed by atoms with Crippen molar-refractivity contribution in [3.63, 3.8) is 0 Å². The lowest BCUT2D eigenvalue weighted by Gasteiger charge is -2.33. The Balaban J connectivity index is 1.22. The van der Waals surface area contributed by atoms with Gasteiger partial charge >= 0.3 is 6.09 Å². The van der Waals surface area contributed by atoms with Crippen LogP contribution in [0, 0.1) is 35.3 Å². The van der Waals surface area contributed by atoms with Crippen molar-refractivity contribution in [1.82, 2.24) is 14.6 Å². The number of aromatic nitrogens is 1. The van der Waals surface area contributed by atoms with Gasteiger partial charge in [0.25, 0.3) is 6.01 Å². The molecule has 49 heavy (non-hydrogen) atoms. The molecule has 2 aromatic carbocycles. The zero-order valence-corrected chi connectivity index (χ0v) is 28.8. The number of nitrogens with zero attached hydrogens (tertiary/aromatic N) is 2. The Hall–Kier alpha value is -3.37. The van der Waals surface area contributed by atoms with E-state index in [4.69, 9.17) is 18.6 Å². The van der Waals surface area contributed by atoms with E-state index in [1.807, 2.05) is 27.7 Å². The number of hydrogen-bond donors (Lipinski definition) is 3. The van der Waals surface area contributed by atoms with Gasteiger partial charge in [-0.25, -0.2) is 22.0 Å². The summed E-state index contributed by atoms with van der Waals surface area (Å²) in [4.78, 5) is 17.7. The fraction of sp³-hybridized carbons (Fsp3) is 0.588. The fourth-order valence-corrected chi connectivity index (χ4v) is 8.92. The lowest BCUT2D eigenvalue weighted by Crippen LogP contribution is -2.51. The van der Waals surface area contributed by atoms with Gasteiger partial charge in [-0.3, -0.25) is 0 Å². The number of oxazole rings is 1. The zero-order valence-electron chi connectivity index (χ0n) is 28.0. The van der Waals surface area contributed by atoms with Crippen LogP contribution in [0.2, 0.25) is 0 Å². The summed E-state index contributed by atoms with van der Waals surface area (Å²) in [5, 5.41) is 17.4. The van der Waals surface area contributed by atoms with E-state index in [9.17, 15) is 27.1 Å². The van der Waals surface area contributed by atoms with Gasteiger partial charge in [-0.2, -0.15) is 9.29 Å². The Bertz CT molecular complexity index is 1730. The predicted octanol–water partition coefficient (Wildman–Crippen LogP) is 4.67. The molecule has 3 heterocycles. The molecule has 1 saturated carbocycles. The van der Waals surface area contributed by atoms with E-state index < -0.39 is 52.5 Å². The van der Waals surface area contributed by atoms with Gasteiger partial charge in [-0.15, -0.1) is 0 Å². The molecule has 12 nitrogen and oxygen atoms in total. The van der Waals surface area contributed by atoms with E-state index >= 15 is 0 Å². The van der Waals surface area contributed by atoms with Gasteiger partial charge in [0.05, 0.1) is 30.3 Å². The first-order valence-electron chi connectivity index (χ1n) is 16.8. The number of fused-ring (bicyclic) bond motifs is 1. The van der Waals surface area contributed by atoms with Crippen molar-refractivity contribution in [2.75, 3.05) is 31.6 Å². The summed E-state index contributed by atoms with van der Waals surface area (Å²) < 4.78 is 80.7. The molecule has 2 unspecified atom stereocenters. The van der Waals surface area contributed by atoms with Crippen molar-refractivity contribution >= 4 is 33.2 Å². The fourth-order valence-electron chi connectivity index (χ4n) is 7.28. The van der Waals surface area contributed by atoms with Gasteiger partial charge in [0.15, 0.2) is 11.9 Å². The van der Waals surface area contributed by atoms with Crippen LogP contribution in [0.25, 0.3) is 11.1 Å². The van der Waals surface area contributed by atoms with Crippen LogP contribution >= 0.6 is 0 Å². The molecule has 268 valence electrons. The largest absolute Gasteiger partial charge is 0.446 e. The maximum Gasteiger partial charge on any atom is 0.407 e. The lowest BCUT2D eigenvalue weighted by atomic mass is 9.87. The monoisotopic (exact) mass is 706 g/mol. The maximum atomic E-state index is 14.2. The first kappa shape index (κ1) is 35.5. The highest BCUT2D eigenvalue weighted by atomic mass is 32.2. The van der Waals surface area contributed by atoms with Crippen LogP contribution in [0.1, 0.15) is 46.1 Å². The number of alkyl carbamates (subject to hydrolysis) is 1. The van der Waals surface area contributed by atoms with Gasteiger partial charge in [-0.05, 0) is 74.8 Å². The summed E-state index contributed by atoms with van der Waals surface area (Å²) >= 11 is 0. The average Bonchev–Trinajstić information content (AvgIpc) is 3.71. The number of nitrogens with one attached hydrogen (secondary N) is 2. The molecule has 15 heteroatoms. The van der Waals surface area contributed by atoms with E-state index in [0.717, 1.165) is 22.5 Å². The van der Waals surface area contributed by atoms with E-state index in [2.05, 4.69) is 15.6 Å². The molecule has 7 atom stereocenters. The predicted molar refractivity (Wildman–Crippen MR) is 175 cm³/mol. The van der Waals surface area contributed by atoms with E-state index in [1.165, 1.54) is 12.1 Å². The third-order valence-corrected chi connectivity index (χ3v) is 11.2. The summed E-state index contributed by atoms with van der Waals surface area (Å²) in [5.74, 6) is -1.39. The third-order valence-electron chi connectivity index (χ3n) is 9.35. The van der Waals surface area contributed by atoms with Crippen molar-refractivity contribution in [3.8, 4) is 0 Å². The lowest BCUT2D eigenvalue weighted by molar-refractivity contribution is -0.173. The van der Waals surface area contributed by atoms with Gasteiger partial charge in [0, 0.05) is 43.1 Å². The van der Waals surface area contributed by atoms with Gasteiger partial charge in [0.1, 0.15) is 23.3 Å². The second-order valence-corrected chi connectivity index (χ2v) is 15.9. The summed E-state index contributed by atoms with van der Waals surface area (Å²) in [7, 11) is -4.20. The van der Waals surface area contributed by atoms with Crippen LogP contribution in [-0.2, 0) is 30.7 Å². The Morgan fingerprint density at radius 1 is 1.10 bits per heavy atom. The summed E-state index contributed by atoms with van der Waals surface area (Å²) in [6, 6.07) is 6.43. The number of carbonyl (C=O) groups excluding carboxylic acids is 1. The number of amides is 1. The Morgan fingerprint density at radius 2 is 1.86 bits per heavy atom. The third kappa shape index (κ3) is 8.01. The molecule has 3 aromatic rings. The molecule has 0 radical (unpaired) electrons. The summed E-state index contributed by atoms with van der Waals surface area (Å²) in [6.45, 7) is 8.14. The van der Waals surface area contributed by atoms with Crippen LogP contribution < -0.4 is 10.6 Å². The van der Waals surface area contributed by atoms with Gasteiger partial charge in [-0.1, -0.05) is 13.8 Å². The highest BCUT2D eigenvalue weighted by Gasteiger charge is 2.55. The minimum Gasteiger partial charge on any atom is -0.446 e. The molecule has 2 aliphatic heterocycles. The number of aliphatic hydroxyl groups excluding tert-OH is 1. The van der Waals surface area contributed by atoms with Crippen molar-refractivity contribution in [1.29, 1.82) is 0 Å². The summed E-state index contributed by atoms with van der Waals surface area (Å²) in [6.07, 6.45) is -1.88. The Morgan fingerprint density at radius 3 is 2.57 bits per heavy atom. The molecule has 3 aliphatic rings. The van der Waals surface area contributed by atoms with Gasteiger partial charge < -0.3 is 34.4 Å². The Labute approximate surface area is 284 Å². The molecule has 1 aliphatic carbocycles. The number of aliphatic hydroxyl groups is 1. The van der Waals surface area contributed by atoms with E-state index in [-0.39, 0.29) is 71.0 Å². The van der Waals surface area contributed by atoms with E-state index in [1.54, 1.807) is 6.07 Å². The average molecular weight is 707 g/mol. The first-order chi connectivity index (χ1) is 23.3. The van der Waals surface area contributed by atoms with Crippen LogP contribution in [0.5, 0.6) is 0 Å². The number of sulfonamides is 1. The molecule has 0 spiro atoms. The minimum absolute atomic E-state index is 0.0393.